The van der Waals surface area contributed by atoms with Gasteiger partial charge < -0.3 is 4.74 Å². The molecule has 0 radical (unpaired) electrons. The van der Waals surface area contributed by atoms with Crippen LogP contribution in [0.25, 0.3) is 0 Å². The first-order chi connectivity index (χ1) is 15.0. The Morgan fingerprint density at radius 2 is 2.09 bits per heavy atom. The van der Waals surface area contributed by atoms with Gasteiger partial charge in [0.2, 0.25) is 0 Å². The van der Waals surface area contributed by atoms with Gasteiger partial charge in [-0.3, -0.25) is 15.2 Å². The van der Waals surface area contributed by atoms with E-state index in [4.69, 9.17) is 4.74 Å². The van der Waals surface area contributed by atoms with Gasteiger partial charge in [0.25, 0.3) is 0 Å². The Bertz CT molecular complexity index is 916. The molecule has 1 amide bonds. The minimum Gasteiger partial charge on any atom is -0.447 e. The molecule has 1 aliphatic rings. The summed E-state index contributed by atoms with van der Waals surface area (Å²) in [6.07, 6.45) is 0.831. The summed E-state index contributed by atoms with van der Waals surface area (Å²) in [5.74, 6) is 0. The molecule has 176 valence electrons. The highest BCUT2D eigenvalue weighted by Gasteiger charge is 2.49. The quantitative estimate of drug-likeness (QED) is 0.517. The number of likely N-dealkylation sites (tertiary alicyclic amines) is 1. The van der Waals surface area contributed by atoms with Crippen LogP contribution in [0.2, 0.25) is 0 Å². The predicted molar refractivity (Wildman–Crippen MR) is 123 cm³/mol. The minimum atomic E-state index is -1.57. The van der Waals surface area contributed by atoms with Gasteiger partial charge in [0.1, 0.15) is 0 Å². The van der Waals surface area contributed by atoms with Crippen molar-refractivity contribution in [2.75, 3.05) is 13.1 Å². The molecule has 3 rings (SSSR count). The summed E-state index contributed by atoms with van der Waals surface area (Å²) >= 11 is 1.09. The molecule has 2 aromatic heterocycles. The Balaban J connectivity index is 1.80. The Kier molecular flexibility index (Phi) is 7.55. The molecule has 3 heterocycles. The lowest BCUT2D eigenvalue weighted by atomic mass is 9.80. The largest absolute Gasteiger partial charge is 0.447 e. The van der Waals surface area contributed by atoms with Gasteiger partial charge in [0.15, 0.2) is 11.4 Å². The fourth-order valence-electron chi connectivity index (χ4n) is 4.29. The molecule has 0 aliphatic carbocycles. The van der Waals surface area contributed by atoms with Crippen molar-refractivity contribution < 1.29 is 18.3 Å². The maximum atomic E-state index is 15.7. The molecule has 1 N–H and O–H groups in total. The first-order valence-electron chi connectivity index (χ1n) is 11.1. The SMILES string of the molecule is Cc1ccc(C(C)(C)N2CCC(CCc3ccc(F)s3)([C@@H](F)NC(=O)OC(C)C)C2)cn1. The number of pyridine rings is 1. The average Bonchev–Trinajstić information content (AvgIpc) is 3.33. The van der Waals surface area contributed by atoms with E-state index in [0.29, 0.717) is 32.4 Å². The van der Waals surface area contributed by atoms with Crippen LogP contribution in [0.3, 0.4) is 0 Å². The number of hydrogen-bond donors (Lipinski definition) is 1. The zero-order valence-corrected chi connectivity index (χ0v) is 20.3. The molecular weight excluding hydrogens is 432 g/mol. The highest BCUT2D eigenvalue weighted by Crippen LogP contribution is 2.44. The number of alkyl halides is 1. The number of alkyl carbamates (subject to hydrolysis) is 1. The van der Waals surface area contributed by atoms with Gasteiger partial charge in [0, 0.05) is 34.3 Å². The number of nitrogens with one attached hydrogen (secondary N) is 1. The highest BCUT2D eigenvalue weighted by atomic mass is 32.1. The second-order valence-corrected chi connectivity index (χ2v) is 10.6. The van der Waals surface area contributed by atoms with Crippen LogP contribution in [0, 0.1) is 17.5 Å². The summed E-state index contributed by atoms with van der Waals surface area (Å²) < 4.78 is 34.2. The number of carbonyl (C=O) groups excluding carboxylic acids is 1. The van der Waals surface area contributed by atoms with Gasteiger partial charge in [-0.2, -0.15) is 4.39 Å². The van der Waals surface area contributed by atoms with Crippen molar-refractivity contribution >= 4 is 17.4 Å². The van der Waals surface area contributed by atoms with Crippen LogP contribution < -0.4 is 5.32 Å². The average molecular weight is 466 g/mol. The number of nitrogens with zero attached hydrogens (tertiary/aromatic N) is 2. The molecule has 5 nitrogen and oxygen atoms in total. The molecule has 0 aromatic carbocycles. The van der Waals surface area contributed by atoms with Gasteiger partial charge in [-0.25, -0.2) is 9.18 Å². The van der Waals surface area contributed by atoms with E-state index in [9.17, 15) is 9.18 Å². The van der Waals surface area contributed by atoms with Crippen molar-refractivity contribution in [2.45, 2.75) is 71.8 Å². The van der Waals surface area contributed by atoms with Gasteiger partial charge in [-0.05, 0) is 84.2 Å². The van der Waals surface area contributed by atoms with E-state index in [-0.39, 0.29) is 16.8 Å². The van der Waals surface area contributed by atoms with Crippen molar-refractivity contribution in [3.8, 4) is 0 Å². The summed E-state index contributed by atoms with van der Waals surface area (Å²) in [6.45, 7) is 10.8. The highest BCUT2D eigenvalue weighted by molar-refractivity contribution is 7.10. The number of carbonyl (C=O) groups is 1. The molecule has 1 fully saturated rings. The lowest BCUT2D eigenvalue weighted by molar-refractivity contribution is 0.0406. The number of halogens is 2. The Morgan fingerprint density at radius 3 is 2.69 bits per heavy atom. The van der Waals surface area contributed by atoms with Crippen LogP contribution in [-0.2, 0) is 16.7 Å². The topological polar surface area (TPSA) is 54.5 Å². The molecule has 1 unspecified atom stereocenters. The smallest absolute Gasteiger partial charge is 0.409 e. The molecule has 2 aromatic rings. The van der Waals surface area contributed by atoms with Crippen LogP contribution in [-0.4, -0.2) is 41.5 Å². The third-order valence-electron chi connectivity index (χ3n) is 6.42. The molecule has 2 atom stereocenters. The second kappa shape index (κ2) is 9.83. The molecule has 32 heavy (non-hydrogen) atoms. The van der Waals surface area contributed by atoms with Crippen LogP contribution in [0.1, 0.15) is 56.7 Å². The number of rotatable bonds is 8. The van der Waals surface area contributed by atoms with E-state index in [2.05, 4.69) is 35.1 Å². The van der Waals surface area contributed by atoms with E-state index in [1.54, 1.807) is 19.9 Å². The maximum absolute atomic E-state index is 15.7. The number of thiophene rings is 1. The van der Waals surface area contributed by atoms with E-state index in [1.165, 1.54) is 6.07 Å². The predicted octanol–water partition coefficient (Wildman–Crippen LogP) is 5.58. The molecule has 0 spiro atoms. The second-order valence-electron chi connectivity index (χ2n) is 9.45. The van der Waals surface area contributed by atoms with Crippen molar-refractivity contribution in [3.05, 3.63) is 51.7 Å². The van der Waals surface area contributed by atoms with Gasteiger partial charge in [0.05, 0.1) is 6.10 Å². The Hall–Kier alpha value is -2.06. The third-order valence-corrected chi connectivity index (χ3v) is 7.35. The number of aryl methyl sites for hydroxylation is 2. The first kappa shape index (κ1) is 24.6. The summed E-state index contributed by atoms with van der Waals surface area (Å²) in [5, 5.41) is 2.17. The van der Waals surface area contributed by atoms with E-state index in [0.717, 1.165) is 27.5 Å². The van der Waals surface area contributed by atoms with Crippen LogP contribution in [0.4, 0.5) is 13.6 Å². The van der Waals surface area contributed by atoms with E-state index >= 15 is 4.39 Å². The minimum absolute atomic E-state index is 0.245. The van der Waals surface area contributed by atoms with E-state index in [1.807, 2.05) is 19.2 Å². The maximum Gasteiger partial charge on any atom is 0.409 e. The number of ether oxygens (including phenoxy) is 1. The summed E-state index contributed by atoms with van der Waals surface area (Å²) in [5.41, 5.74) is 0.851. The molecule has 0 saturated carbocycles. The van der Waals surface area contributed by atoms with Crippen LogP contribution >= 0.6 is 11.3 Å². The summed E-state index contributed by atoms with van der Waals surface area (Å²) in [7, 11) is 0. The Morgan fingerprint density at radius 1 is 1.34 bits per heavy atom. The first-order valence-corrected chi connectivity index (χ1v) is 11.9. The zero-order chi connectivity index (χ0) is 23.5. The van der Waals surface area contributed by atoms with Gasteiger partial charge in [-0.15, -0.1) is 11.3 Å². The molecule has 0 bridgehead atoms. The number of amides is 1. The van der Waals surface area contributed by atoms with Crippen molar-refractivity contribution in [2.24, 2.45) is 5.41 Å². The fourth-order valence-corrected chi connectivity index (χ4v) is 5.01. The standard InChI is InChI=1S/C24H33F2N3O2S/c1-16(2)31-22(30)28-21(26)24(11-10-19-8-9-20(25)32-19)12-13-29(15-24)23(4,5)18-7-6-17(3)27-14-18/h6-9,14,16,21H,10-13,15H2,1-5H3,(H,28,30)/t21-,24?/m0/s1. The van der Waals surface area contributed by atoms with Crippen molar-refractivity contribution in [1.82, 2.24) is 15.2 Å². The lowest BCUT2D eigenvalue weighted by Crippen LogP contribution is -2.49. The molecular formula is C24H33F2N3O2S. The van der Waals surface area contributed by atoms with Crippen molar-refractivity contribution in [1.29, 1.82) is 0 Å². The van der Waals surface area contributed by atoms with Gasteiger partial charge >= 0.3 is 6.09 Å². The lowest BCUT2D eigenvalue weighted by Gasteiger charge is -2.39. The zero-order valence-electron chi connectivity index (χ0n) is 19.5. The van der Waals surface area contributed by atoms with Crippen molar-refractivity contribution in [3.63, 3.8) is 0 Å². The molecule has 1 aliphatic heterocycles. The number of hydrogen-bond acceptors (Lipinski definition) is 5. The van der Waals surface area contributed by atoms with Crippen LogP contribution in [0.15, 0.2) is 30.5 Å². The Labute approximate surface area is 193 Å². The molecule has 8 heteroatoms. The molecule has 1 saturated heterocycles. The van der Waals surface area contributed by atoms with E-state index < -0.39 is 17.8 Å². The normalized spacial score (nSPS) is 20.5. The monoisotopic (exact) mass is 465 g/mol. The summed E-state index contributed by atoms with van der Waals surface area (Å²) in [4.78, 5) is 19.7. The fraction of sp³-hybridized carbons (Fsp3) is 0.583. The number of aromatic nitrogens is 1. The van der Waals surface area contributed by atoms with Crippen LogP contribution in [0.5, 0.6) is 0 Å². The van der Waals surface area contributed by atoms with Gasteiger partial charge in [-0.1, -0.05) is 6.07 Å². The third kappa shape index (κ3) is 5.64. The summed E-state index contributed by atoms with van der Waals surface area (Å²) in [6, 6.07) is 7.22.